The van der Waals surface area contributed by atoms with Crippen molar-refractivity contribution in [3.05, 3.63) is 0 Å². The maximum Gasteiger partial charge on any atom is 0.410 e. The number of carbonyl (C=O) groups is 2. The zero-order chi connectivity index (χ0) is 17.3. The normalized spacial score (nSPS) is 29.0. The van der Waals surface area contributed by atoms with Gasteiger partial charge in [0.25, 0.3) is 0 Å². The first-order valence-electron chi connectivity index (χ1n) is 9.28. The number of rotatable bonds is 1. The topological polar surface area (TPSA) is 59.1 Å². The summed E-state index contributed by atoms with van der Waals surface area (Å²) in [6.45, 7) is 7.50. The maximum atomic E-state index is 12.3. The summed E-state index contributed by atoms with van der Waals surface area (Å²) in [5, 5.41) is 0. The molecule has 0 unspecified atom stereocenters. The Bertz CT molecular complexity index is 480. The predicted molar refractivity (Wildman–Crippen MR) is 89.8 cm³/mol. The molecule has 2 aliphatic heterocycles. The molecule has 1 aliphatic carbocycles. The summed E-state index contributed by atoms with van der Waals surface area (Å²) in [6.07, 6.45) is 5.88. The van der Waals surface area contributed by atoms with Crippen LogP contribution in [0.3, 0.4) is 0 Å². The van der Waals surface area contributed by atoms with E-state index in [4.69, 9.17) is 9.47 Å². The number of ether oxygens (including phenoxy) is 2. The zero-order valence-corrected chi connectivity index (χ0v) is 15.1. The van der Waals surface area contributed by atoms with Gasteiger partial charge in [-0.3, -0.25) is 0 Å². The molecule has 2 amide bonds. The van der Waals surface area contributed by atoms with E-state index in [1.807, 2.05) is 25.7 Å². The number of piperidine rings is 1. The van der Waals surface area contributed by atoms with Crippen LogP contribution in [-0.4, -0.2) is 59.4 Å². The minimum atomic E-state index is -0.472. The third kappa shape index (κ3) is 3.78. The van der Waals surface area contributed by atoms with E-state index in [0.717, 1.165) is 25.7 Å². The lowest BCUT2D eigenvalue weighted by molar-refractivity contribution is -0.0388. The van der Waals surface area contributed by atoms with E-state index >= 15 is 0 Å². The van der Waals surface area contributed by atoms with Gasteiger partial charge in [-0.2, -0.15) is 0 Å². The van der Waals surface area contributed by atoms with Gasteiger partial charge in [-0.05, 0) is 46.5 Å². The van der Waals surface area contributed by atoms with Gasteiger partial charge in [-0.25, -0.2) is 9.59 Å². The van der Waals surface area contributed by atoms with Crippen LogP contribution in [0.25, 0.3) is 0 Å². The second-order valence-electron chi connectivity index (χ2n) is 8.29. The van der Waals surface area contributed by atoms with Gasteiger partial charge in [-0.1, -0.05) is 12.8 Å². The average molecular weight is 338 g/mol. The van der Waals surface area contributed by atoms with Crippen molar-refractivity contribution in [3.63, 3.8) is 0 Å². The summed E-state index contributed by atoms with van der Waals surface area (Å²) < 4.78 is 10.9. The molecule has 6 heteroatoms. The first kappa shape index (κ1) is 17.4. The van der Waals surface area contributed by atoms with E-state index in [2.05, 4.69) is 0 Å². The van der Waals surface area contributed by atoms with Crippen molar-refractivity contribution in [2.75, 3.05) is 19.7 Å². The molecule has 0 aromatic carbocycles. The van der Waals surface area contributed by atoms with Crippen molar-refractivity contribution < 1.29 is 19.1 Å². The number of fused-ring (bicyclic) bond motifs is 1. The van der Waals surface area contributed by atoms with Crippen LogP contribution in [0.4, 0.5) is 9.59 Å². The van der Waals surface area contributed by atoms with Gasteiger partial charge < -0.3 is 19.3 Å². The van der Waals surface area contributed by atoms with Crippen LogP contribution in [0, 0.1) is 5.92 Å². The summed E-state index contributed by atoms with van der Waals surface area (Å²) in [7, 11) is 0. The molecule has 0 spiro atoms. The monoisotopic (exact) mass is 338 g/mol. The summed E-state index contributed by atoms with van der Waals surface area (Å²) in [5.41, 5.74) is -0.472. The Hall–Kier alpha value is -1.46. The van der Waals surface area contributed by atoms with Gasteiger partial charge in [0.2, 0.25) is 0 Å². The van der Waals surface area contributed by atoms with Gasteiger partial charge in [0.05, 0.1) is 6.61 Å². The molecular formula is C18H30N2O4. The number of carbonyl (C=O) groups excluding carboxylic acids is 2. The van der Waals surface area contributed by atoms with E-state index in [1.54, 1.807) is 4.90 Å². The molecule has 3 aliphatic rings. The molecule has 0 radical (unpaired) electrons. The Labute approximate surface area is 144 Å². The van der Waals surface area contributed by atoms with Crippen LogP contribution in [-0.2, 0) is 9.47 Å². The van der Waals surface area contributed by atoms with Gasteiger partial charge in [0.1, 0.15) is 5.60 Å². The Balaban J connectivity index is 1.59. The highest BCUT2D eigenvalue weighted by atomic mass is 16.6. The highest BCUT2D eigenvalue weighted by Crippen LogP contribution is 2.35. The van der Waals surface area contributed by atoms with Crippen molar-refractivity contribution in [1.82, 2.24) is 9.80 Å². The fraction of sp³-hybridized carbons (Fsp3) is 0.889. The van der Waals surface area contributed by atoms with Crippen molar-refractivity contribution in [1.29, 1.82) is 0 Å². The van der Waals surface area contributed by atoms with Crippen LogP contribution < -0.4 is 0 Å². The zero-order valence-electron chi connectivity index (χ0n) is 15.1. The largest absolute Gasteiger partial charge is 0.449 e. The molecule has 0 N–H and O–H groups in total. The van der Waals surface area contributed by atoms with Gasteiger partial charge in [-0.15, -0.1) is 0 Å². The van der Waals surface area contributed by atoms with Crippen LogP contribution in [0.2, 0.25) is 0 Å². The second kappa shape index (κ2) is 6.81. The molecule has 3 fully saturated rings. The molecule has 0 bridgehead atoms. The molecule has 2 atom stereocenters. The molecule has 2 saturated heterocycles. The van der Waals surface area contributed by atoms with Crippen molar-refractivity contribution in [2.24, 2.45) is 5.92 Å². The molecule has 2 heterocycles. The van der Waals surface area contributed by atoms with Gasteiger partial charge >= 0.3 is 12.2 Å². The Morgan fingerprint density at radius 2 is 1.79 bits per heavy atom. The smallest absolute Gasteiger partial charge is 0.410 e. The minimum absolute atomic E-state index is 0.158. The summed E-state index contributed by atoms with van der Waals surface area (Å²) >= 11 is 0. The number of cyclic esters (lactones) is 1. The maximum absolute atomic E-state index is 12.3. The van der Waals surface area contributed by atoms with Crippen molar-refractivity contribution >= 4 is 12.2 Å². The fourth-order valence-corrected chi connectivity index (χ4v) is 4.21. The number of nitrogens with zero attached hydrogens (tertiary/aromatic N) is 2. The summed E-state index contributed by atoms with van der Waals surface area (Å²) in [5.74, 6) is 0.486. The van der Waals surface area contributed by atoms with Gasteiger partial charge in [0.15, 0.2) is 0 Å². The standard InChI is InChI=1S/C18H30N2O4/c1-18(2,3)24-16(21)19-10-8-14(9-11-19)20-15-7-5-4-6-13(15)12-23-17(20)22/h13-15H,4-12H2,1-3H3/t13-,15+/m0/s1. The lowest BCUT2D eigenvalue weighted by Gasteiger charge is -2.48. The fourth-order valence-electron chi connectivity index (χ4n) is 4.21. The van der Waals surface area contributed by atoms with Crippen LogP contribution in [0.15, 0.2) is 0 Å². The molecular weight excluding hydrogens is 308 g/mol. The average Bonchev–Trinajstić information content (AvgIpc) is 2.53. The van der Waals surface area contributed by atoms with Crippen molar-refractivity contribution in [2.45, 2.75) is 77.0 Å². The second-order valence-corrected chi connectivity index (χ2v) is 8.29. The Kier molecular flexibility index (Phi) is 4.92. The minimum Gasteiger partial charge on any atom is -0.449 e. The molecule has 1 saturated carbocycles. The number of hydrogen-bond donors (Lipinski definition) is 0. The quantitative estimate of drug-likeness (QED) is 0.735. The Morgan fingerprint density at radius 3 is 2.46 bits per heavy atom. The van der Waals surface area contributed by atoms with E-state index in [-0.39, 0.29) is 18.2 Å². The third-order valence-corrected chi connectivity index (χ3v) is 5.37. The molecule has 0 aromatic rings. The molecule has 3 rings (SSSR count). The molecule has 6 nitrogen and oxygen atoms in total. The van der Waals surface area contributed by atoms with Crippen molar-refractivity contribution in [3.8, 4) is 0 Å². The van der Waals surface area contributed by atoms with E-state index in [1.165, 1.54) is 12.8 Å². The first-order chi connectivity index (χ1) is 11.3. The lowest BCUT2D eigenvalue weighted by atomic mass is 9.82. The van der Waals surface area contributed by atoms with Crippen LogP contribution >= 0.6 is 0 Å². The van der Waals surface area contributed by atoms with E-state index in [9.17, 15) is 9.59 Å². The lowest BCUT2D eigenvalue weighted by Crippen LogP contribution is -2.58. The van der Waals surface area contributed by atoms with Gasteiger partial charge in [0, 0.05) is 31.1 Å². The van der Waals surface area contributed by atoms with E-state index in [0.29, 0.717) is 31.7 Å². The number of amides is 2. The first-order valence-corrected chi connectivity index (χ1v) is 9.28. The highest BCUT2D eigenvalue weighted by Gasteiger charge is 2.43. The predicted octanol–water partition coefficient (Wildman–Crippen LogP) is 3.40. The number of likely N-dealkylation sites (tertiary alicyclic amines) is 1. The number of hydrogen-bond acceptors (Lipinski definition) is 4. The molecule has 24 heavy (non-hydrogen) atoms. The van der Waals surface area contributed by atoms with E-state index < -0.39 is 5.60 Å². The SMILES string of the molecule is CC(C)(C)OC(=O)N1CCC(N2C(=O)OC[C@@H]3CCCC[C@H]32)CC1. The van der Waals surface area contributed by atoms with Crippen LogP contribution in [0.5, 0.6) is 0 Å². The summed E-state index contributed by atoms with van der Waals surface area (Å²) in [4.78, 5) is 28.3. The third-order valence-electron chi connectivity index (χ3n) is 5.37. The molecule has 0 aromatic heterocycles. The van der Waals surface area contributed by atoms with Crippen LogP contribution in [0.1, 0.15) is 59.3 Å². The molecule has 136 valence electrons. The summed E-state index contributed by atoms with van der Waals surface area (Å²) in [6, 6.07) is 0.514. The highest BCUT2D eigenvalue weighted by molar-refractivity contribution is 5.70. The Morgan fingerprint density at radius 1 is 1.12 bits per heavy atom.